The fourth-order valence-corrected chi connectivity index (χ4v) is 10.3. The number of aromatic nitrogens is 2. The molecule has 2 aromatic heterocycles. The van der Waals surface area contributed by atoms with Gasteiger partial charge in [0.05, 0.1) is 11.0 Å². The largest absolute Gasteiger partial charge is 0.375 e. The van der Waals surface area contributed by atoms with Gasteiger partial charge in [0.15, 0.2) is 0 Å². The number of benzene rings is 6. The Hall–Kier alpha value is -5.02. The highest BCUT2D eigenvalue weighted by Crippen LogP contribution is 2.49. The van der Waals surface area contributed by atoms with E-state index in [4.69, 9.17) is 0 Å². The molecule has 0 radical (unpaired) electrons. The molecule has 0 saturated carbocycles. The zero-order valence-corrected chi connectivity index (χ0v) is 38.2. The molecule has 298 valence electrons. The van der Waals surface area contributed by atoms with Crippen molar-refractivity contribution < 1.29 is 0 Å². The van der Waals surface area contributed by atoms with E-state index in [-0.39, 0.29) is 33.9 Å². The van der Waals surface area contributed by atoms with Crippen LogP contribution in [0.5, 0.6) is 0 Å². The second-order valence-electron chi connectivity index (χ2n) is 23.2. The summed E-state index contributed by atoms with van der Waals surface area (Å²) in [6.07, 6.45) is 0. The van der Waals surface area contributed by atoms with E-state index in [2.05, 4.69) is 210 Å². The van der Waals surface area contributed by atoms with Gasteiger partial charge in [0.2, 0.25) is 0 Å². The number of rotatable bonds is 1. The lowest BCUT2D eigenvalue weighted by molar-refractivity contribution is 0.590. The topological polar surface area (TPSA) is 9.86 Å². The molecule has 0 atom stereocenters. The number of hydrogen-bond acceptors (Lipinski definition) is 0. The fourth-order valence-electron chi connectivity index (χ4n) is 10.3. The highest BCUT2D eigenvalue weighted by Gasteiger charge is 2.43. The predicted octanol–water partition coefficient (Wildman–Crippen LogP) is 14.0. The van der Waals surface area contributed by atoms with E-state index in [1.165, 1.54) is 110 Å². The molecular weight excluding hydrogens is 711 g/mol. The van der Waals surface area contributed by atoms with Gasteiger partial charge in [-0.2, -0.15) is 0 Å². The molecule has 2 aliphatic heterocycles. The van der Waals surface area contributed by atoms with Crippen molar-refractivity contribution in [2.75, 3.05) is 0 Å². The summed E-state index contributed by atoms with van der Waals surface area (Å²) in [6, 6.07) is 39.2. The van der Waals surface area contributed by atoms with Crippen LogP contribution in [0, 0.1) is 0 Å². The van der Waals surface area contributed by atoms with E-state index in [1.54, 1.807) is 0 Å². The molecule has 0 bridgehead atoms. The lowest BCUT2D eigenvalue weighted by Crippen LogP contribution is -2.55. The van der Waals surface area contributed by atoms with E-state index in [1.807, 2.05) is 0 Å². The zero-order chi connectivity index (χ0) is 42.1. The van der Waals surface area contributed by atoms with Crippen molar-refractivity contribution in [1.82, 2.24) is 9.05 Å². The monoisotopic (exact) mass is 772 g/mol. The molecule has 59 heavy (non-hydrogen) atoms. The standard InChI is InChI=1S/C56H61BN2/c1-52(2,3)33-18-16-32(17-19-33)38-22-25-47-49-48(38)43-30-36(55(10,11)12)28-41-40-27-35(54(7,8)9)21-24-46(40)59(50(41)43)57(49)44-31-37(56(13,14)15)29-42-39-26-34(53(4,5)6)20-23-45(39)58(47)51(42)44/h16-31H,1-15H3. The van der Waals surface area contributed by atoms with E-state index in [0.717, 1.165) is 0 Å². The average Bonchev–Trinajstić information content (AvgIpc) is 3.65. The van der Waals surface area contributed by atoms with Crippen LogP contribution in [0.3, 0.4) is 0 Å². The van der Waals surface area contributed by atoms with Gasteiger partial charge in [0, 0.05) is 43.8 Å². The van der Waals surface area contributed by atoms with E-state index >= 15 is 0 Å². The van der Waals surface area contributed by atoms with Crippen molar-refractivity contribution in [2.24, 2.45) is 0 Å². The van der Waals surface area contributed by atoms with Crippen LogP contribution in [-0.4, -0.2) is 15.9 Å². The van der Waals surface area contributed by atoms with Crippen LogP contribution in [0.15, 0.2) is 97.1 Å². The zero-order valence-electron chi connectivity index (χ0n) is 38.2. The first-order valence-electron chi connectivity index (χ1n) is 22.0. The normalized spacial score (nSPS) is 14.3. The summed E-state index contributed by atoms with van der Waals surface area (Å²) in [7, 11) is 0. The Bertz CT molecular complexity index is 3090. The Balaban J connectivity index is 1.44. The Morgan fingerprint density at radius 2 is 0.864 bits per heavy atom. The van der Waals surface area contributed by atoms with Gasteiger partial charge in [-0.1, -0.05) is 152 Å². The van der Waals surface area contributed by atoms with E-state index in [9.17, 15) is 0 Å². The Kier molecular flexibility index (Phi) is 7.66. The van der Waals surface area contributed by atoms with E-state index in [0.29, 0.717) is 0 Å². The molecular formula is C56H61BN2. The molecule has 0 N–H and O–H groups in total. The minimum Gasteiger partial charge on any atom is -0.375 e. The maximum absolute atomic E-state index is 2.76. The second-order valence-corrected chi connectivity index (χ2v) is 23.2. The van der Waals surface area contributed by atoms with Crippen LogP contribution in [-0.2, 0) is 27.1 Å². The van der Waals surface area contributed by atoms with Crippen LogP contribution in [0.1, 0.15) is 132 Å². The highest BCUT2D eigenvalue weighted by molar-refractivity contribution is 6.90. The summed E-state index contributed by atoms with van der Waals surface area (Å²) in [5.74, 6) is 0. The fraction of sp³-hybridized carbons (Fsp3) is 0.357. The molecule has 0 aliphatic carbocycles. The predicted molar refractivity (Wildman–Crippen MR) is 259 cm³/mol. The lowest BCUT2D eigenvalue weighted by atomic mass is 9.45. The van der Waals surface area contributed by atoms with Gasteiger partial charge in [-0.05, 0) is 131 Å². The molecule has 8 aromatic rings. The van der Waals surface area contributed by atoms with Gasteiger partial charge in [0.25, 0.3) is 0 Å². The minimum absolute atomic E-state index is 0.00836. The molecule has 0 spiro atoms. The molecule has 10 rings (SSSR count). The summed E-state index contributed by atoms with van der Waals surface area (Å²) >= 11 is 0. The van der Waals surface area contributed by atoms with Gasteiger partial charge in [-0.25, -0.2) is 0 Å². The summed E-state index contributed by atoms with van der Waals surface area (Å²) < 4.78 is 5.40. The van der Waals surface area contributed by atoms with Gasteiger partial charge in [-0.15, -0.1) is 0 Å². The summed E-state index contributed by atoms with van der Waals surface area (Å²) in [5, 5.41) is 5.43. The first-order valence-corrected chi connectivity index (χ1v) is 22.0. The van der Waals surface area contributed by atoms with Crippen LogP contribution >= 0.6 is 0 Å². The molecule has 0 amide bonds. The van der Waals surface area contributed by atoms with Crippen LogP contribution in [0.2, 0.25) is 0 Å². The van der Waals surface area contributed by atoms with Gasteiger partial charge in [0.1, 0.15) is 0 Å². The first-order chi connectivity index (χ1) is 27.4. The number of nitrogens with zero attached hydrogens (tertiary/aromatic N) is 2. The van der Waals surface area contributed by atoms with Gasteiger partial charge < -0.3 is 9.05 Å². The molecule has 6 aromatic carbocycles. The molecule has 3 heteroatoms. The molecule has 4 heterocycles. The van der Waals surface area contributed by atoms with Crippen molar-refractivity contribution in [3.63, 3.8) is 0 Å². The quantitative estimate of drug-likeness (QED) is 0.147. The van der Waals surface area contributed by atoms with E-state index < -0.39 is 0 Å². The second kappa shape index (κ2) is 11.8. The number of fused-ring (bicyclic) bond motifs is 10. The van der Waals surface area contributed by atoms with Crippen molar-refractivity contribution in [2.45, 2.75) is 131 Å². The number of hydrogen-bond donors (Lipinski definition) is 0. The summed E-state index contributed by atoms with van der Waals surface area (Å²) in [4.78, 5) is 0. The Labute approximate surface area is 352 Å². The third-order valence-corrected chi connectivity index (χ3v) is 13.9. The maximum atomic E-state index is 2.76. The Morgan fingerprint density at radius 3 is 1.42 bits per heavy atom. The van der Waals surface area contributed by atoms with Gasteiger partial charge >= 0.3 is 6.85 Å². The lowest BCUT2D eigenvalue weighted by Gasteiger charge is -2.36. The molecule has 2 aliphatic rings. The molecule has 0 saturated heterocycles. The summed E-state index contributed by atoms with van der Waals surface area (Å²) in [6.45, 7) is 35.2. The first kappa shape index (κ1) is 38.2. The van der Waals surface area contributed by atoms with Crippen LogP contribution in [0.4, 0.5) is 0 Å². The smallest absolute Gasteiger partial charge is 0.333 e. The van der Waals surface area contributed by atoms with Gasteiger partial charge in [-0.3, -0.25) is 0 Å². The molecule has 0 unspecified atom stereocenters. The highest BCUT2D eigenvalue weighted by atomic mass is 15.0. The third kappa shape index (κ3) is 5.52. The maximum Gasteiger partial charge on any atom is 0.333 e. The SMILES string of the molecule is CC(C)(C)c1ccc(-c2ccc3c4c2-c2cc(C(C)(C)C)cc5c6cc(C(C)(C)C)ccc6n(c25)B4c2cc(C(C)(C)C)cc4c5cc(C(C)(C)C)ccc5n-3c24)cc1. The van der Waals surface area contributed by atoms with Crippen LogP contribution < -0.4 is 10.9 Å². The Morgan fingerprint density at radius 1 is 0.390 bits per heavy atom. The third-order valence-electron chi connectivity index (χ3n) is 13.9. The average molecular weight is 773 g/mol. The van der Waals surface area contributed by atoms with Crippen molar-refractivity contribution in [3.8, 4) is 27.9 Å². The minimum atomic E-state index is -0.0390. The van der Waals surface area contributed by atoms with Crippen LogP contribution in [0.25, 0.3) is 71.6 Å². The van der Waals surface area contributed by atoms with Crippen molar-refractivity contribution in [1.29, 1.82) is 0 Å². The molecule has 0 fully saturated rings. The van der Waals surface area contributed by atoms with Crippen molar-refractivity contribution in [3.05, 3.63) is 125 Å². The van der Waals surface area contributed by atoms with Crippen molar-refractivity contribution >= 4 is 61.4 Å². The molecule has 2 nitrogen and oxygen atoms in total. The summed E-state index contributed by atoms with van der Waals surface area (Å²) in [5.41, 5.74) is 21.7.